The number of hydrogen-bond acceptors (Lipinski definition) is 7. The van der Waals surface area contributed by atoms with Gasteiger partial charge in [-0.15, -0.1) is 0 Å². The average Bonchev–Trinajstić information content (AvgIpc) is 3.24. The van der Waals surface area contributed by atoms with Gasteiger partial charge in [0.25, 0.3) is 5.91 Å². The van der Waals surface area contributed by atoms with Crippen LogP contribution in [0.1, 0.15) is 25.8 Å². The van der Waals surface area contributed by atoms with Gasteiger partial charge >= 0.3 is 0 Å². The summed E-state index contributed by atoms with van der Waals surface area (Å²) >= 11 is 1.79. The van der Waals surface area contributed by atoms with E-state index < -0.39 is 0 Å². The second-order valence-corrected chi connectivity index (χ2v) is 8.07. The highest BCUT2D eigenvalue weighted by molar-refractivity contribution is 8.15. The van der Waals surface area contributed by atoms with E-state index in [-0.39, 0.29) is 12.5 Å². The van der Waals surface area contributed by atoms with Gasteiger partial charge < -0.3 is 15.4 Å². The minimum Gasteiger partial charge on any atom is -0.495 e. The molecule has 30 heavy (non-hydrogen) atoms. The lowest BCUT2D eigenvalue weighted by Gasteiger charge is -2.10. The lowest BCUT2D eigenvalue weighted by Crippen LogP contribution is -2.26. The number of hydrogen-bond donors (Lipinski definition) is 3. The Labute approximate surface area is 181 Å². The first-order valence-corrected chi connectivity index (χ1v) is 10.8. The second kappa shape index (κ2) is 10.7. The van der Waals surface area contributed by atoms with E-state index in [0.717, 1.165) is 40.8 Å². The molecular weight excluding hydrogens is 398 g/mol. The number of ether oxygens (including phenoxy) is 1. The Morgan fingerprint density at radius 3 is 2.70 bits per heavy atom. The van der Waals surface area contributed by atoms with Gasteiger partial charge in [-0.2, -0.15) is 5.10 Å². The minimum absolute atomic E-state index is 0.0958. The van der Waals surface area contributed by atoms with E-state index in [4.69, 9.17) is 4.74 Å². The maximum atomic E-state index is 12.1. The molecule has 1 aliphatic rings. The number of hydrazone groups is 1. The third kappa shape index (κ3) is 6.00. The molecule has 1 aliphatic heterocycles. The van der Waals surface area contributed by atoms with Crippen LogP contribution in [0.5, 0.6) is 5.75 Å². The van der Waals surface area contributed by atoms with Crippen LogP contribution in [0.2, 0.25) is 0 Å². The zero-order chi connectivity index (χ0) is 21.3. The van der Waals surface area contributed by atoms with Crippen LogP contribution in [0.15, 0.2) is 58.6 Å². The van der Waals surface area contributed by atoms with E-state index in [9.17, 15) is 4.79 Å². The maximum absolute atomic E-state index is 12.1. The van der Waals surface area contributed by atoms with Crippen molar-refractivity contribution in [2.24, 2.45) is 10.1 Å². The molecule has 0 saturated carbocycles. The predicted molar refractivity (Wildman–Crippen MR) is 126 cm³/mol. The van der Waals surface area contributed by atoms with Gasteiger partial charge in [0.15, 0.2) is 5.17 Å². The number of nitrogens with zero attached hydrogens (tertiary/aromatic N) is 2. The Morgan fingerprint density at radius 1 is 1.23 bits per heavy atom. The quantitative estimate of drug-likeness (QED) is 0.440. The van der Waals surface area contributed by atoms with Crippen molar-refractivity contribution in [3.05, 3.63) is 54.1 Å². The predicted octanol–water partition coefficient (Wildman–Crippen LogP) is 3.94. The number of thioether (sulfide) groups is 1. The summed E-state index contributed by atoms with van der Waals surface area (Å²) in [7, 11) is 1.59. The molecule has 8 heteroatoms. The highest BCUT2D eigenvalue weighted by Gasteiger charge is 2.17. The smallest absolute Gasteiger partial charge is 0.259 e. The van der Waals surface area contributed by atoms with E-state index in [1.807, 2.05) is 55.5 Å². The van der Waals surface area contributed by atoms with Crippen LogP contribution >= 0.6 is 11.8 Å². The summed E-state index contributed by atoms with van der Waals surface area (Å²) < 4.78 is 5.26. The SMILES string of the molecule is CC[C@@H]1CN=C(Nc2ccc(/C(C)=N\NC(=O)CNc3ccccc3OC)cc2)S1. The third-order valence-corrected chi connectivity index (χ3v) is 5.89. The first kappa shape index (κ1) is 21.7. The van der Waals surface area contributed by atoms with Gasteiger partial charge in [-0.05, 0) is 43.2 Å². The Kier molecular flexibility index (Phi) is 7.73. The van der Waals surface area contributed by atoms with E-state index >= 15 is 0 Å². The molecule has 0 bridgehead atoms. The van der Waals surface area contributed by atoms with Gasteiger partial charge in [0.2, 0.25) is 0 Å². The maximum Gasteiger partial charge on any atom is 0.259 e. The summed E-state index contributed by atoms with van der Waals surface area (Å²) in [5.74, 6) is 0.450. The fourth-order valence-electron chi connectivity index (χ4n) is 2.83. The fraction of sp³-hybridized carbons (Fsp3) is 0.318. The van der Waals surface area contributed by atoms with Gasteiger partial charge in [-0.1, -0.05) is 43.0 Å². The summed E-state index contributed by atoms with van der Waals surface area (Å²) in [6.07, 6.45) is 1.12. The van der Waals surface area contributed by atoms with Gasteiger partial charge in [0.05, 0.1) is 31.6 Å². The molecule has 0 aliphatic carbocycles. The molecule has 158 valence electrons. The molecule has 0 saturated heterocycles. The zero-order valence-corrected chi connectivity index (χ0v) is 18.3. The Bertz CT molecular complexity index is 927. The monoisotopic (exact) mass is 425 g/mol. The first-order valence-electron chi connectivity index (χ1n) is 9.87. The highest BCUT2D eigenvalue weighted by Crippen LogP contribution is 2.25. The molecule has 0 spiro atoms. The molecule has 1 atom stereocenters. The topological polar surface area (TPSA) is 87.1 Å². The van der Waals surface area contributed by atoms with Crippen molar-refractivity contribution in [2.75, 3.05) is 30.8 Å². The van der Waals surface area contributed by atoms with Gasteiger partial charge in [-0.3, -0.25) is 9.79 Å². The zero-order valence-electron chi connectivity index (χ0n) is 17.4. The summed E-state index contributed by atoms with van der Waals surface area (Å²) in [5.41, 5.74) is 5.99. The van der Waals surface area contributed by atoms with Crippen molar-refractivity contribution in [1.82, 2.24) is 5.43 Å². The number of benzene rings is 2. The fourth-order valence-corrected chi connectivity index (χ4v) is 3.79. The summed E-state index contributed by atoms with van der Waals surface area (Å²) in [4.78, 5) is 16.6. The van der Waals surface area contributed by atoms with Crippen LogP contribution in [0, 0.1) is 0 Å². The van der Waals surface area contributed by atoms with Crippen molar-refractivity contribution >= 4 is 39.9 Å². The first-order chi connectivity index (χ1) is 14.6. The number of amidine groups is 1. The summed E-state index contributed by atoms with van der Waals surface area (Å²) in [6.45, 7) is 5.01. The van der Waals surface area contributed by atoms with Crippen molar-refractivity contribution in [1.29, 1.82) is 0 Å². The number of amides is 1. The lowest BCUT2D eigenvalue weighted by molar-refractivity contribution is -0.119. The number of nitrogens with one attached hydrogen (secondary N) is 3. The van der Waals surface area contributed by atoms with Crippen LogP contribution in [-0.2, 0) is 4.79 Å². The second-order valence-electron chi connectivity index (χ2n) is 6.78. The van der Waals surface area contributed by atoms with Crippen LogP contribution in [0.25, 0.3) is 0 Å². The number of para-hydroxylation sites is 2. The number of carbonyl (C=O) groups is 1. The number of methoxy groups -OCH3 is 1. The molecule has 0 fully saturated rings. The van der Waals surface area contributed by atoms with Crippen LogP contribution < -0.4 is 20.8 Å². The van der Waals surface area contributed by atoms with Crippen LogP contribution in [-0.4, -0.2) is 42.2 Å². The minimum atomic E-state index is -0.236. The number of carbonyl (C=O) groups excluding carboxylic acids is 1. The van der Waals surface area contributed by atoms with E-state index in [2.05, 4.69) is 33.1 Å². The van der Waals surface area contributed by atoms with Gasteiger partial charge in [0, 0.05) is 10.9 Å². The molecule has 1 heterocycles. The normalized spacial score (nSPS) is 16.0. The summed E-state index contributed by atoms with van der Waals surface area (Å²) in [6, 6.07) is 15.4. The largest absolute Gasteiger partial charge is 0.495 e. The van der Waals surface area contributed by atoms with E-state index in [0.29, 0.717) is 11.0 Å². The molecule has 3 N–H and O–H groups in total. The number of aliphatic imine (C=N–C) groups is 1. The van der Waals surface area contributed by atoms with Crippen molar-refractivity contribution in [3.8, 4) is 5.75 Å². The molecule has 0 aromatic heterocycles. The Hall–Kier alpha value is -3.00. The Morgan fingerprint density at radius 2 is 2.00 bits per heavy atom. The molecular formula is C22H27N5O2S. The van der Waals surface area contributed by atoms with Crippen molar-refractivity contribution < 1.29 is 9.53 Å². The third-order valence-electron chi connectivity index (χ3n) is 4.62. The molecule has 0 unspecified atom stereocenters. The van der Waals surface area contributed by atoms with E-state index in [1.165, 1.54) is 0 Å². The number of anilines is 2. The highest BCUT2D eigenvalue weighted by atomic mass is 32.2. The molecule has 2 aromatic carbocycles. The lowest BCUT2D eigenvalue weighted by atomic mass is 10.1. The van der Waals surface area contributed by atoms with Crippen molar-refractivity contribution in [2.45, 2.75) is 25.5 Å². The van der Waals surface area contributed by atoms with Crippen molar-refractivity contribution in [3.63, 3.8) is 0 Å². The van der Waals surface area contributed by atoms with E-state index in [1.54, 1.807) is 18.9 Å². The van der Waals surface area contributed by atoms with Crippen LogP contribution in [0.3, 0.4) is 0 Å². The van der Waals surface area contributed by atoms with Crippen LogP contribution in [0.4, 0.5) is 11.4 Å². The van der Waals surface area contributed by atoms with Gasteiger partial charge in [-0.25, -0.2) is 5.43 Å². The summed E-state index contributed by atoms with van der Waals surface area (Å²) in [5, 5.41) is 12.1. The molecule has 1 amide bonds. The molecule has 0 radical (unpaired) electrons. The Balaban J connectivity index is 1.49. The number of rotatable bonds is 8. The standard InChI is InChI=1S/C22H27N5O2S/c1-4-18-13-24-22(30-18)25-17-11-9-16(10-12-17)15(2)26-27-21(28)14-23-19-7-5-6-8-20(19)29-3/h5-12,18,23H,4,13-14H2,1-3H3,(H,24,25)(H,27,28)/b26-15-/t18-/m1/s1. The average molecular weight is 426 g/mol. The van der Waals surface area contributed by atoms with Gasteiger partial charge in [0.1, 0.15) is 5.75 Å². The molecule has 3 rings (SSSR count). The molecule has 7 nitrogen and oxygen atoms in total. The molecule has 2 aromatic rings.